The number of hydrogen-bond acceptors (Lipinski definition) is 6. The predicted molar refractivity (Wildman–Crippen MR) is 113 cm³/mol. The molecule has 3 rings (SSSR count). The number of sulfonamides is 1. The number of terminal acetylenes is 1. The molecule has 0 unspecified atom stereocenters. The molecule has 2 aromatic carbocycles. The lowest BCUT2D eigenvalue weighted by Crippen LogP contribution is -2.22. The van der Waals surface area contributed by atoms with Gasteiger partial charge in [0.05, 0.1) is 26.6 Å². The Morgan fingerprint density at radius 3 is 2.50 bits per heavy atom. The van der Waals surface area contributed by atoms with Gasteiger partial charge in [0.25, 0.3) is 11.6 Å². The molecule has 0 aliphatic rings. The molecular formula is C19H16N4O5S2. The lowest BCUT2D eigenvalue weighted by atomic mass is 10.2. The molecule has 11 heteroatoms. The van der Waals surface area contributed by atoms with Crippen LogP contribution in [-0.4, -0.2) is 42.2 Å². The topological polar surface area (TPSA) is 115 Å². The summed E-state index contributed by atoms with van der Waals surface area (Å²) < 4.78 is 27.6. The van der Waals surface area contributed by atoms with Gasteiger partial charge >= 0.3 is 0 Å². The number of hydrogen-bond donors (Lipinski definition) is 0. The van der Waals surface area contributed by atoms with Gasteiger partial charge in [0, 0.05) is 31.8 Å². The van der Waals surface area contributed by atoms with Crippen molar-refractivity contribution in [2.24, 2.45) is 4.99 Å². The molecule has 0 aliphatic carbocycles. The fourth-order valence-electron chi connectivity index (χ4n) is 2.64. The maximum absolute atomic E-state index is 12.6. The quantitative estimate of drug-likeness (QED) is 0.340. The first-order valence-corrected chi connectivity index (χ1v) is 10.7. The Kier molecular flexibility index (Phi) is 5.84. The Morgan fingerprint density at radius 2 is 1.93 bits per heavy atom. The third-order valence-corrected chi connectivity index (χ3v) is 7.07. The van der Waals surface area contributed by atoms with E-state index in [1.807, 2.05) is 0 Å². The van der Waals surface area contributed by atoms with E-state index >= 15 is 0 Å². The van der Waals surface area contributed by atoms with Crippen LogP contribution in [0.15, 0.2) is 52.4 Å². The SMILES string of the molecule is C#CCn1c(=NC(=O)c2ccc(S(=O)(=O)N(C)C)cc2)sc2cc([N+](=O)[O-])ccc21. The zero-order chi connectivity index (χ0) is 22.1. The summed E-state index contributed by atoms with van der Waals surface area (Å²) in [6.45, 7) is 0.129. The number of amides is 1. The Bertz CT molecular complexity index is 1360. The van der Waals surface area contributed by atoms with E-state index < -0.39 is 20.9 Å². The minimum absolute atomic E-state index is 0.0561. The fraction of sp³-hybridized carbons (Fsp3) is 0.158. The van der Waals surface area contributed by atoms with Gasteiger partial charge in [0.1, 0.15) is 0 Å². The van der Waals surface area contributed by atoms with Crippen molar-refractivity contribution < 1.29 is 18.1 Å². The number of nitro groups is 1. The number of carbonyl (C=O) groups excluding carboxylic acids is 1. The number of aromatic nitrogens is 1. The minimum atomic E-state index is -3.61. The monoisotopic (exact) mass is 444 g/mol. The predicted octanol–water partition coefficient (Wildman–Crippen LogP) is 2.24. The van der Waals surface area contributed by atoms with Crippen molar-refractivity contribution in [2.75, 3.05) is 14.1 Å². The van der Waals surface area contributed by atoms with E-state index in [0.717, 1.165) is 15.6 Å². The van der Waals surface area contributed by atoms with Crippen LogP contribution in [0.1, 0.15) is 10.4 Å². The maximum atomic E-state index is 12.6. The van der Waals surface area contributed by atoms with Crippen LogP contribution in [0.2, 0.25) is 0 Å². The van der Waals surface area contributed by atoms with Crippen molar-refractivity contribution in [2.45, 2.75) is 11.4 Å². The summed E-state index contributed by atoms with van der Waals surface area (Å²) in [5.41, 5.74) is 0.748. The molecule has 0 radical (unpaired) electrons. The third kappa shape index (κ3) is 4.02. The molecule has 0 saturated heterocycles. The number of thiazole rings is 1. The average Bonchev–Trinajstić information content (AvgIpc) is 3.04. The molecule has 1 aromatic heterocycles. The molecule has 0 atom stereocenters. The first-order valence-electron chi connectivity index (χ1n) is 8.48. The first kappa shape index (κ1) is 21.4. The summed E-state index contributed by atoms with van der Waals surface area (Å²) in [7, 11) is -0.776. The number of nitro benzene ring substituents is 1. The summed E-state index contributed by atoms with van der Waals surface area (Å²) >= 11 is 1.10. The second kappa shape index (κ2) is 8.19. The third-order valence-electron chi connectivity index (χ3n) is 4.20. The number of non-ortho nitro benzene ring substituents is 1. The molecule has 0 fully saturated rings. The van der Waals surface area contributed by atoms with Crippen molar-refractivity contribution in [3.05, 3.63) is 62.9 Å². The van der Waals surface area contributed by atoms with Crippen molar-refractivity contribution >= 4 is 43.2 Å². The van der Waals surface area contributed by atoms with Crippen LogP contribution in [0.25, 0.3) is 10.2 Å². The largest absolute Gasteiger partial charge is 0.305 e. The number of fused-ring (bicyclic) bond motifs is 1. The molecule has 0 N–H and O–H groups in total. The smallest absolute Gasteiger partial charge is 0.279 e. The average molecular weight is 444 g/mol. The van der Waals surface area contributed by atoms with E-state index in [2.05, 4.69) is 10.9 Å². The highest BCUT2D eigenvalue weighted by atomic mass is 32.2. The standard InChI is InChI=1S/C19H16N4O5S2/c1-4-11-22-16-10-7-14(23(25)26)12-17(16)29-19(22)20-18(24)13-5-8-15(9-6-13)30(27,28)21(2)3/h1,5-10,12H,11H2,2-3H3. The first-order chi connectivity index (χ1) is 14.1. The van der Waals surface area contributed by atoms with Crippen LogP contribution in [0, 0.1) is 22.5 Å². The highest BCUT2D eigenvalue weighted by molar-refractivity contribution is 7.89. The molecule has 9 nitrogen and oxygen atoms in total. The van der Waals surface area contributed by atoms with Gasteiger partial charge in [-0.3, -0.25) is 14.9 Å². The van der Waals surface area contributed by atoms with Gasteiger partial charge < -0.3 is 4.57 Å². The van der Waals surface area contributed by atoms with Gasteiger partial charge in [0.15, 0.2) is 4.80 Å². The van der Waals surface area contributed by atoms with Gasteiger partial charge in [-0.25, -0.2) is 12.7 Å². The summed E-state index contributed by atoms with van der Waals surface area (Å²) in [6.07, 6.45) is 5.42. The molecule has 3 aromatic rings. The summed E-state index contributed by atoms with van der Waals surface area (Å²) in [5.74, 6) is 1.89. The van der Waals surface area contributed by atoms with Gasteiger partial charge in [-0.2, -0.15) is 4.99 Å². The molecule has 0 aliphatic heterocycles. The van der Waals surface area contributed by atoms with E-state index in [9.17, 15) is 23.3 Å². The summed E-state index contributed by atoms with van der Waals surface area (Å²) in [5, 5.41) is 11.0. The molecule has 1 heterocycles. The Balaban J connectivity index is 2.05. The second-order valence-corrected chi connectivity index (χ2v) is 9.47. The lowest BCUT2D eigenvalue weighted by Gasteiger charge is -2.11. The Labute approximate surface area is 176 Å². The molecule has 0 saturated carbocycles. The molecule has 30 heavy (non-hydrogen) atoms. The van der Waals surface area contributed by atoms with Crippen LogP contribution in [0.4, 0.5) is 5.69 Å². The molecule has 0 bridgehead atoms. The maximum Gasteiger partial charge on any atom is 0.279 e. The van der Waals surface area contributed by atoms with Crippen LogP contribution >= 0.6 is 11.3 Å². The highest BCUT2D eigenvalue weighted by Gasteiger charge is 2.18. The summed E-state index contributed by atoms with van der Waals surface area (Å²) in [4.78, 5) is 27.6. The van der Waals surface area contributed by atoms with E-state index in [-0.39, 0.29) is 22.7 Å². The molecular weight excluding hydrogens is 428 g/mol. The molecule has 0 spiro atoms. The number of rotatable bonds is 5. The van der Waals surface area contributed by atoms with Crippen LogP contribution in [-0.2, 0) is 16.6 Å². The number of carbonyl (C=O) groups is 1. The van der Waals surface area contributed by atoms with Crippen molar-refractivity contribution in [3.8, 4) is 12.3 Å². The Hall–Kier alpha value is -3.33. The number of benzene rings is 2. The van der Waals surface area contributed by atoms with Crippen LogP contribution < -0.4 is 4.80 Å². The fourth-order valence-corrected chi connectivity index (χ4v) is 4.60. The van der Waals surface area contributed by atoms with Gasteiger partial charge in [0.2, 0.25) is 10.0 Å². The normalized spacial score (nSPS) is 12.3. The van der Waals surface area contributed by atoms with Gasteiger partial charge in [-0.05, 0) is 30.3 Å². The van der Waals surface area contributed by atoms with E-state index in [1.54, 1.807) is 10.6 Å². The van der Waals surface area contributed by atoms with Crippen LogP contribution in [0.3, 0.4) is 0 Å². The lowest BCUT2D eigenvalue weighted by molar-refractivity contribution is -0.384. The highest BCUT2D eigenvalue weighted by Crippen LogP contribution is 2.23. The minimum Gasteiger partial charge on any atom is -0.305 e. The number of nitrogens with zero attached hydrogens (tertiary/aromatic N) is 4. The van der Waals surface area contributed by atoms with E-state index in [1.165, 1.54) is 50.5 Å². The second-order valence-electron chi connectivity index (χ2n) is 6.31. The van der Waals surface area contributed by atoms with Crippen molar-refractivity contribution in [3.63, 3.8) is 0 Å². The summed E-state index contributed by atoms with van der Waals surface area (Å²) in [6, 6.07) is 9.75. The van der Waals surface area contributed by atoms with Gasteiger partial charge in [-0.15, -0.1) is 6.42 Å². The van der Waals surface area contributed by atoms with Crippen molar-refractivity contribution in [1.29, 1.82) is 0 Å². The van der Waals surface area contributed by atoms with Crippen molar-refractivity contribution in [1.82, 2.24) is 8.87 Å². The zero-order valence-corrected chi connectivity index (χ0v) is 17.6. The zero-order valence-electron chi connectivity index (χ0n) is 16.0. The van der Waals surface area contributed by atoms with E-state index in [0.29, 0.717) is 15.0 Å². The van der Waals surface area contributed by atoms with E-state index in [4.69, 9.17) is 6.42 Å². The molecule has 154 valence electrons. The molecule has 1 amide bonds. The van der Waals surface area contributed by atoms with Crippen LogP contribution in [0.5, 0.6) is 0 Å². The van der Waals surface area contributed by atoms with Gasteiger partial charge in [-0.1, -0.05) is 17.3 Å². The Morgan fingerprint density at radius 1 is 1.27 bits per heavy atom.